The predicted octanol–water partition coefficient (Wildman–Crippen LogP) is 1.34. The molecule has 2 aliphatic rings. The van der Waals surface area contributed by atoms with Crippen LogP contribution in [0.15, 0.2) is 0 Å². The molecule has 5 heteroatoms. The third-order valence-electron chi connectivity index (χ3n) is 3.98. The molecule has 0 saturated carbocycles. The second-order valence-electron chi connectivity index (χ2n) is 5.24. The number of nitrogens with one attached hydrogen (secondary N) is 1. The van der Waals surface area contributed by atoms with Gasteiger partial charge in [0.1, 0.15) is 6.61 Å². The quantitative estimate of drug-likeness (QED) is 0.743. The molecule has 3 nitrogen and oxygen atoms in total. The summed E-state index contributed by atoms with van der Waals surface area (Å²) in [5.41, 5.74) is 0.494. The Bertz CT molecular complexity index is 233. The van der Waals surface area contributed by atoms with E-state index in [1.807, 2.05) is 0 Å². The molecule has 1 spiro atoms. The fourth-order valence-electron chi connectivity index (χ4n) is 2.95. The van der Waals surface area contributed by atoms with Crippen molar-refractivity contribution >= 4 is 0 Å². The van der Waals surface area contributed by atoms with Crippen LogP contribution in [-0.4, -0.2) is 57.3 Å². The highest BCUT2D eigenvalue weighted by molar-refractivity contribution is 4.92. The lowest BCUT2D eigenvalue weighted by Gasteiger charge is -2.33. The van der Waals surface area contributed by atoms with Gasteiger partial charge in [0.2, 0.25) is 0 Å². The van der Waals surface area contributed by atoms with E-state index in [1.165, 1.54) is 19.3 Å². The van der Waals surface area contributed by atoms with Gasteiger partial charge in [-0.1, -0.05) is 0 Å². The molecular formula is C12H22F2N2O. The number of halogens is 2. The molecule has 2 saturated heterocycles. The van der Waals surface area contributed by atoms with Crippen LogP contribution in [0.1, 0.15) is 19.3 Å². The van der Waals surface area contributed by atoms with E-state index in [4.69, 9.17) is 4.74 Å². The fourth-order valence-corrected chi connectivity index (χ4v) is 2.95. The number of alkyl halides is 2. The summed E-state index contributed by atoms with van der Waals surface area (Å²) < 4.78 is 28.7. The van der Waals surface area contributed by atoms with Gasteiger partial charge in [-0.25, -0.2) is 8.78 Å². The molecule has 0 unspecified atom stereocenters. The first kappa shape index (κ1) is 13.2. The lowest BCUT2D eigenvalue weighted by molar-refractivity contribution is 0.0104. The first-order valence-corrected chi connectivity index (χ1v) is 6.49. The molecule has 0 bridgehead atoms. The highest BCUT2D eigenvalue weighted by Gasteiger charge is 2.38. The van der Waals surface area contributed by atoms with Crippen LogP contribution < -0.4 is 5.32 Å². The highest BCUT2D eigenvalue weighted by atomic mass is 19.3. The van der Waals surface area contributed by atoms with Gasteiger partial charge in [-0.15, -0.1) is 0 Å². The normalized spacial score (nSPS) is 24.9. The maximum atomic E-state index is 11.9. The second kappa shape index (κ2) is 6.07. The number of piperidine rings is 1. The minimum atomic E-state index is -2.34. The van der Waals surface area contributed by atoms with Crippen LogP contribution in [0.25, 0.3) is 0 Å². The largest absolute Gasteiger partial charge is 0.374 e. The average molecular weight is 248 g/mol. The zero-order valence-corrected chi connectivity index (χ0v) is 10.3. The van der Waals surface area contributed by atoms with Crippen LogP contribution in [0.3, 0.4) is 0 Å². The Balaban J connectivity index is 1.64. The fraction of sp³-hybridized carbons (Fsp3) is 1.00. The second-order valence-corrected chi connectivity index (χ2v) is 5.24. The van der Waals surface area contributed by atoms with Crippen molar-refractivity contribution in [2.45, 2.75) is 25.7 Å². The molecule has 0 aliphatic carbocycles. The van der Waals surface area contributed by atoms with Crippen molar-refractivity contribution in [3.8, 4) is 0 Å². The third kappa shape index (κ3) is 3.86. The number of hydrogen-bond donors (Lipinski definition) is 1. The van der Waals surface area contributed by atoms with Gasteiger partial charge in [0, 0.05) is 13.1 Å². The molecule has 0 aromatic carbocycles. The van der Waals surface area contributed by atoms with E-state index in [9.17, 15) is 8.78 Å². The first-order chi connectivity index (χ1) is 8.20. The predicted molar refractivity (Wildman–Crippen MR) is 62.4 cm³/mol. The topological polar surface area (TPSA) is 24.5 Å². The summed E-state index contributed by atoms with van der Waals surface area (Å²) in [5.74, 6) is 0. The lowest BCUT2D eigenvalue weighted by atomic mass is 9.78. The van der Waals surface area contributed by atoms with E-state index >= 15 is 0 Å². The molecule has 17 heavy (non-hydrogen) atoms. The summed E-state index contributed by atoms with van der Waals surface area (Å²) in [4.78, 5) is 2.36. The zero-order valence-electron chi connectivity index (χ0n) is 10.3. The molecule has 2 fully saturated rings. The van der Waals surface area contributed by atoms with E-state index < -0.39 is 13.0 Å². The van der Waals surface area contributed by atoms with E-state index in [0.717, 1.165) is 32.7 Å². The van der Waals surface area contributed by atoms with Crippen molar-refractivity contribution in [2.24, 2.45) is 5.41 Å². The van der Waals surface area contributed by atoms with Crippen molar-refractivity contribution in [1.82, 2.24) is 10.2 Å². The number of ether oxygens (including phenoxy) is 1. The van der Waals surface area contributed by atoms with Crippen molar-refractivity contribution in [3.05, 3.63) is 0 Å². The number of nitrogens with zero attached hydrogens (tertiary/aromatic N) is 1. The van der Waals surface area contributed by atoms with Crippen molar-refractivity contribution < 1.29 is 13.5 Å². The van der Waals surface area contributed by atoms with Crippen LogP contribution in [0.4, 0.5) is 8.78 Å². The Morgan fingerprint density at radius 2 is 2.00 bits per heavy atom. The molecule has 0 atom stereocenters. The summed E-state index contributed by atoms with van der Waals surface area (Å²) in [6, 6.07) is 0. The third-order valence-corrected chi connectivity index (χ3v) is 3.98. The van der Waals surface area contributed by atoms with E-state index in [1.54, 1.807) is 0 Å². The number of likely N-dealkylation sites (tertiary alicyclic amines) is 1. The molecular weight excluding hydrogens is 226 g/mol. The summed E-state index contributed by atoms with van der Waals surface area (Å²) in [6.45, 7) is 5.25. The Kier molecular flexibility index (Phi) is 4.70. The minimum absolute atomic E-state index is 0.428. The van der Waals surface area contributed by atoms with Crippen LogP contribution in [0.5, 0.6) is 0 Å². The maximum Gasteiger partial charge on any atom is 0.261 e. The van der Waals surface area contributed by atoms with Crippen LogP contribution >= 0.6 is 0 Å². The van der Waals surface area contributed by atoms with Gasteiger partial charge in [-0.2, -0.15) is 0 Å². The van der Waals surface area contributed by atoms with Crippen molar-refractivity contribution in [3.63, 3.8) is 0 Å². The number of rotatable bonds is 5. The van der Waals surface area contributed by atoms with Gasteiger partial charge in [0.15, 0.2) is 0 Å². The lowest BCUT2D eigenvalue weighted by Crippen LogP contribution is -2.39. The first-order valence-electron chi connectivity index (χ1n) is 6.49. The van der Waals surface area contributed by atoms with Gasteiger partial charge in [-0.3, -0.25) is 0 Å². The summed E-state index contributed by atoms with van der Waals surface area (Å²) >= 11 is 0. The Labute approximate surface area is 101 Å². The summed E-state index contributed by atoms with van der Waals surface area (Å²) in [7, 11) is 0. The number of hydrogen-bond acceptors (Lipinski definition) is 3. The smallest absolute Gasteiger partial charge is 0.261 e. The summed E-state index contributed by atoms with van der Waals surface area (Å²) in [5, 5.41) is 3.39. The van der Waals surface area contributed by atoms with E-state index in [2.05, 4.69) is 10.2 Å². The molecule has 1 N–H and O–H groups in total. The summed E-state index contributed by atoms with van der Waals surface area (Å²) in [6.07, 6.45) is 1.41. The SMILES string of the molecule is FC(F)COCCN1CCC2(CCNCC2)C1. The standard InChI is InChI=1S/C12H22F2N2O/c13-11(14)9-17-8-7-16-6-3-12(10-16)1-4-15-5-2-12/h11,15H,1-10H2. The Hall–Kier alpha value is -0.260. The van der Waals surface area contributed by atoms with E-state index in [-0.39, 0.29) is 0 Å². The molecule has 2 rings (SSSR count). The van der Waals surface area contributed by atoms with Crippen LogP contribution in [0, 0.1) is 5.41 Å². The molecule has 2 heterocycles. The van der Waals surface area contributed by atoms with Gasteiger partial charge in [0.25, 0.3) is 6.43 Å². The molecule has 0 aromatic heterocycles. The van der Waals surface area contributed by atoms with Crippen molar-refractivity contribution in [2.75, 3.05) is 45.9 Å². The van der Waals surface area contributed by atoms with Crippen LogP contribution in [-0.2, 0) is 4.74 Å². The molecule has 0 radical (unpaired) electrons. The van der Waals surface area contributed by atoms with Crippen molar-refractivity contribution in [1.29, 1.82) is 0 Å². The highest BCUT2D eigenvalue weighted by Crippen LogP contribution is 2.38. The van der Waals surface area contributed by atoms with Crippen LogP contribution in [0.2, 0.25) is 0 Å². The van der Waals surface area contributed by atoms with Gasteiger partial charge >= 0.3 is 0 Å². The average Bonchev–Trinajstić information content (AvgIpc) is 2.69. The molecule has 0 amide bonds. The molecule has 0 aromatic rings. The molecule has 100 valence electrons. The minimum Gasteiger partial charge on any atom is -0.374 e. The Morgan fingerprint density at radius 3 is 2.71 bits per heavy atom. The maximum absolute atomic E-state index is 11.9. The molecule has 2 aliphatic heterocycles. The van der Waals surface area contributed by atoms with Gasteiger partial charge in [-0.05, 0) is 44.3 Å². The Morgan fingerprint density at radius 1 is 1.24 bits per heavy atom. The van der Waals surface area contributed by atoms with E-state index in [0.29, 0.717) is 12.0 Å². The van der Waals surface area contributed by atoms with Gasteiger partial charge in [0.05, 0.1) is 6.61 Å². The zero-order chi connectivity index (χ0) is 12.1. The monoisotopic (exact) mass is 248 g/mol. The van der Waals surface area contributed by atoms with Gasteiger partial charge < -0.3 is 15.0 Å².